The molecule has 55 heavy (non-hydrogen) atoms. The summed E-state index contributed by atoms with van der Waals surface area (Å²) in [5.41, 5.74) is 21.9. The van der Waals surface area contributed by atoms with Gasteiger partial charge in [-0.25, -0.2) is 0 Å². The Labute approximate surface area is 323 Å². The summed E-state index contributed by atoms with van der Waals surface area (Å²) in [4.78, 5) is 95.6. The molecule has 0 aliphatic heterocycles. The molecule has 0 aliphatic rings. The standard InChI is InChI=1S/C36H63N11O8/c1-7-22(6)29(47-33(52)26(18-21(4)5)46-34(53)27-13-10-16-55-27)35(54)42-19-28(48)43-24(12-9-15-41-36(39)40)31(50)45-25(17-20(2)3)32(51)44-23(30(38)49)11-8-14-37/h10,13,16,20-26,29H,7-9,11-12,14-15,17-19,37H2,1-6H3,(H2,38,49)(H,42,54)(H,43,48)(H,44,51)(H,45,50)(H,46,53)(H,47,52)(H4,39,40,41)/t22-,23-,24+,25-,26-,29-/m0/s1. The zero-order valence-corrected chi connectivity index (χ0v) is 32.9. The van der Waals surface area contributed by atoms with E-state index < -0.39 is 78.1 Å². The molecule has 1 rings (SSSR count). The van der Waals surface area contributed by atoms with Gasteiger partial charge in [-0.05, 0) is 75.0 Å². The number of nitrogens with two attached hydrogens (primary N) is 4. The van der Waals surface area contributed by atoms with Gasteiger partial charge in [0.15, 0.2) is 11.7 Å². The van der Waals surface area contributed by atoms with Gasteiger partial charge in [0, 0.05) is 6.54 Å². The van der Waals surface area contributed by atoms with Crippen LogP contribution in [0.4, 0.5) is 0 Å². The maximum Gasteiger partial charge on any atom is 0.287 e. The SMILES string of the molecule is CC[C@H](C)[C@H](NC(=O)[C@H](CC(C)C)NC(=O)c1ccco1)C(=O)NCC(=O)N[C@H](CCCN=C(N)N)C(=O)N[C@@H](CC(C)C)C(=O)N[C@@H](CCCN)C(N)=O. The first-order valence-corrected chi connectivity index (χ1v) is 18.8. The van der Waals surface area contributed by atoms with Crippen LogP contribution in [0.3, 0.4) is 0 Å². The number of carbonyl (C=O) groups excluding carboxylic acids is 7. The number of rotatable bonds is 26. The van der Waals surface area contributed by atoms with Crippen LogP contribution in [-0.4, -0.2) is 97.2 Å². The first-order chi connectivity index (χ1) is 25.9. The van der Waals surface area contributed by atoms with Crippen LogP contribution in [0.25, 0.3) is 0 Å². The fraction of sp³-hybridized carbons (Fsp3) is 0.667. The average Bonchev–Trinajstić information content (AvgIpc) is 3.66. The number of primary amides is 1. The quantitative estimate of drug-likeness (QED) is 0.0304. The van der Waals surface area contributed by atoms with E-state index in [1.807, 2.05) is 34.6 Å². The van der Waals surface area contributed by atoms with Gasteiger partial charge >= 0.3 is 0 Å². The number of aliphatic imine (C=N–C) groups is 1. The van der Waals surface area contributed by atoms with Crippen LogP contribution < -0.4 is 54.8 Å². The summed E-state index contributed by atoms with van der Waals surface area (Å²) in [6.07, 6.45) is 3.30. The van der Waals surface area contributed by atoms with Crippen LogP contribution in [0.15, 0.2) is 27.8 Å². The van der Waals surface area contributed by atoms with Crippen LogP contribution in [-0.2, 0) is 28.8 Å². The van der Waals surface area contributed by atoms with Gasteiger partial charge in [-0.15, -0.1) is 0 Å². The minimum absolute atomic E-state index is 0.0141. The summed E-state index contributed by atoms with van der Waals surface area (Å²) < 4.78 is 5.14. The molecule has 1 aromatic rings. The lowest BCUT2D eigenvalue weighted by Gasteiger charge is -2.27. The van der Waals surface area contributed by atoms with Gasteiger partial charge < -0.3 is 59.3 Å². The van der Waals surface area contributed by atoms with Crippen molar-refractivity contribution < 1.29 is 38.0 Å². The molecule has 0 aromatic carbocycles. The molecule has 0 bridgehead atoms. The topological polar surface area (TPSA) is 321 Å². The Morgan fingerprint density at radius 3 is 1.82 bits per heavy atom. The van der Waals surface area contributed by atoms with Gasteiger partial charge in [0.2, 0.25) is 35.4 Å². The van der Waals surface area contributed by atoms with Crippen molar-refractivity contribution in [3.63, 3.8) is 0 Å². The number of hydrogen-bond donors (Lipinski definition) is 10. The highest BCUT2D eigenvalue weighted by Crippen LogP contribution is 2.12. The lowest BCUT2D eigenvalue weighted by atomic mass is 9.96. The number of nitrogens with zero attached hydrogens (tertiary/aromatic N) is 1. The van der Waals surface area contributed by atoms with E-state index in [0.29, 0.717) is 12.8 Å². The van der Waals surface area contributed by atoms with E-state index in [0.717, 1.165) is 0 Å². The Hall–Kier alpha value is -5.20. The summed E-state index contributed by atoms with van der Waals surface area (Å²) >= 11 is 0. The smallest absolute Gasteiger partial charge is 0.287 e. The van der Waals surface area contributed by atoms with E-state index in [1.165, 1.54) is 12.3 Å². The number of hydrogen-bond acceptors (Lipinski definition) is 10. The fourth-order valence-electron chi connectivity index (χ4n) is 5.45. The second-order valence-electron chi connectivity index (χ2n) is 14.4. The number of guanidine groups is 1. The monoisotopic (exact) mass is 777 g/mol. The van der Waals surface area contributed by atoms with E-state index in [2.05, 4.69) is 36.9 Å². The first-order valence-electron chi connectivity index (χ1n) is 18.8. The maximum atomic E-state index is 13.6. The molecule has 1 heterocycles. The Morgan fingerprint density at radius 2 is 1.29 bits per heavy atom. The van der Waals surface area contributed by atoms with Crippen molar-refractivity contribution >= 4 is 47.3 Å². The lowest BCUT2D eigenvalue weighted by molar-refractivity contribution is -0.134. The van der Waals surface area contributed by atoms with Crippen LogP contribution in [0.2, 0.25) is 0 Å². The van der Waals surface area contributed by atoms with Crippen molar-refractivity contribution in [2.45, 2.75) is 117 Å². The Balaban J connectivity index is 3.12. The van der Waals surface area contributed by atoms with Crippen LogP contribution >= 0.6 is 0 Å². The van der Waals surface area contributed by atoms with Gasteiger partial charge in [-0.3, -0.25) is 38.6 Å². The number of nitrogens with one attached hydrogen (secondary N) is 6. The molecule has 0 fully saturated rings. The third kappa shape index (κ3) is 18.6. The molecule has 0 radical (unpaired) electrons. The maximum absolute atomic E-state index is 13.6. The Morgan fingerprint density at radius 1 is 0.727 bits per heavy atom. The summed E-state index contributed by atoms with van der Waals surface area (Å²) in [5.74, 6) is -5.15. The largest absolute Gasteiger partial charge is 0.459 e. The second-order valence-corrected chi connectivity index (χ2v) is 14.4. The van der Waals surface area contributed by atoms with E-state index in [4.69, 9.17) is 27.4 Å². The van der Waals surface area contributed by atoms with Crippen LogP contribution in [0, 0.1) is 17.8 Å². The lowest BCUT2D eigenvalue weighted by Crippen LogP contribution is -2.58. The molecule has 6 atom stereocenters. The molecule has 0 aliphatic carbocycles. The fourth-order valence-corrected chi connectivity index (χ4v) is 5.45. The Kier molecular flexibility index (Phi) is 21.7. The molecular weight excluding hydrogens is 714 g/mol. The predicted octanol–water partition coefficient (Wildman–Crippen LogP) is -1.15. The average molecular weight is 778 g/mol. The molecular formula is C36H63N11O8. The molecule has 0 spiro atoms. The van der Waals surface area contributed by atoms with Gasteiger partial charge in [-0.2, -0.15) is 0 Å². The van der Waals surface area contributed by atoms with Gasteiger partial charge in [-0.1, -0.05) is 48.0 Å². The number of amides is 7. The highest BCUT2D eigenvalue weighted by Gasteiger charge is 2.32. The summed E-state index contributed by atoms with van der Waals surface area (Å²) in [5, 5.41) is 15.8. The van der Waals surface area contributed by atoms with Crippen molar-refractivity contribution in [2.75, 3.05) is 19.6 Å². The highest BCUT2D eigenvalue weighted by molar-refractivity contribution is 5.98. The van der Waals surface area contributed by atoms with Crippen molar-refractivity contribution in [1.82, 2.24) is 31.9 Å². The van der Waals surface area contributed by atoms with Crippen molar-refractivity contribution in [2.24, 2.45) is 45.7 Å². The van der Waals surface area contributed by atoms with E-state index in [-0.39, 0.29) is 74.7 Å². The molecule has 0 unspecified atom stereocenters. The third-order valence-corrected chi connectivity index (χ3v) is 8.58. The zero-order valence-electron chi connectivity index (χ0n) is 32.9. The van der Waals surface area contributed by atoms with E-state index in [9.17, 15) is 33.6 Å². The summed E-state index contributed by atoms with van der Waals surface area (Å²) in [7, 11) is 0. The van der Waals surface area contributed by atoms with Gasteiger partial charge in [0.25, 0.3) is 5.91 Å². The van der Waals surface area contributed by atoms with Crippen LogP contribution in [0.1, 0.15) is 97.0 Å². The molecule has 0 saturated carbocycles. The molecule has 0 saturated heterocycles. The van der Waals surface area contributed by atoms with Crippen LogP contribution in [0.5, 0.6) is 0 Å². The zero-order chi connectivity index (χ0) is 41.7. The number of carbonyl (C=O) groups is 7. The van der Waals surface area contributed by atoms with Gasteiger partial charge in [0.05, 0.1) is 12.8 Å². The summed E-state index contributed by atoms with van der Waals surface area (Å²) in [6.45, 7) is 10.9. The normalized spacial score (nSPS) is 14.3. The molecule has 310 valence electrons. The molecule has 1 aromatic heterocycles. The summed E-state index contributed by atoms with van der Waals surface area (Å²) in [6, 6.07) is -2.28. The van der Waals surface area contributed by atoms with Gasteiger partial charge in [0.1, 0.15) is 30.2 Å². The predicted molar refractivity (Wildman–Crippen MR) is 206 cm³/mol. The van der Waals surface area contributed by atoms with E-state index >= 15 is 0 Å². The molecule has 7 amide bonds. The van der Waals surface area contributed by atoms with Crippen molar-refractivity contribution in [3.05, 3.63) is 24.2 Å². The molecule has 19 heteroatoms. The second kappa shape index (κ2) is 25.0. The van der Waals surface area contributed by atoms with Crippen molar-refractivity contribution in [1.29, 1.82) is 0 Å². The van der Waals surface area contributed by atoms with E-state index in [1.54, 1.807) is 13.0 Å². The number of furan rings is 1. The minimum Gasteiger partial charge on any atom is -0.459 e. The third-order valence-electron chi connectivity index (χ3n) is 8.58. The van der Waals surface area contributed by atoms with Crippen molar-refractivity contribution in [3.8, 4) is 0 Å². The first kappa shape index (κ1) is 47.8. The highest BCUT2D eigenvalue weighted by atomic mass is 16.3. The Bertz CT molecular complexity index is 1430. The molecule has 14 N–H and O–H groups in total. The minimum atomic E-state index is -1.18. The molecule has 19 nitrogen and oxygen atoms in total.